The lowest BCUT2D eigenvalue weighted by atomic mass is 10.3. The quantitative estimate of drug-likeness (QED) is 0.468. The van der Waals surface area contributed by atoms with Crippen LogP contribution in [0.25, 0.3) is 0 Å². The maximum Gasteiger partial charge on any atom is 0.296 e. The van der Waals surface area contributed by atoms with Crippen molar-refractivity contribution in [2.75, 3.05) is 0 Å². The maximum absolute atomic E-state index is 11.6. The van der Waals surface area contributed by atoms with Crippen LogP contribution in [0.15, 0.2) is 17.0 Å². The molecule has 0 radical (unpaired) electrons. The Kier molecular flexibility index (Phi) is 4.56. The van der Waals surface area contributed by atoms with Gasteiger partial charge in [0.2, 0.25) is 14.0 Å². The molecule has 0 aliphatic carbocycles. The fourth-order valence-corrected chi connectivity index (χ4v) is 2.72. The van der Waals surface area contributed by atoms with E-state index in [9.17, 15) is 28.6 Å². The van der Waals surface area contributed by atoms with Gasteiger partial charge in [-0.1, -0.05) is 34.8 Å². The molecule has 19 heavy (non-hydrogen) atoms. The van der Waals surface area contributed by atoms with E-state index in [1.165, 1.54) is 0 Å². The molecule has 12 heteroatoms. The summed E-state index contributed by atoms with van der Waals surface area (Å²) >= 11 is 15.9. The van der Waals surface area contributed by atoms with Crippen LogP contribution in [0.2, 0.25) is 5.02 Å². The highest BCUT2D eigenvalue weighted by atomic mass is 35.5. The second-order valence-corrected chi connectivity index (χ2v) is 7.12. The average molecular weight is 350 g/mol. The highest BCUT2D eigenvalue weighted by Crippen LogP contribution is 2.37. The summed E-state index contributed by atoms with van der Waals surface area (Å²) in [5.41, 5.74) is -1.85. The van der Waals surface area contributed by atoms with Crippen LogP contribution < -0.4 is 0 Å². The molecule has 0 saturated heterocycles. The molecule has 0 amide bonds. The van der Waals surface area contributed by atoms with Crippen molar-refractivity contribution >= 4 is 56.0 Å². The van der Waals surface area contributed by atoms with Gasteiger partial charge in [-0.3, -0.25) is 20.2 Å². The molecule has 0 aliphatic rings. The van der Waals surface area contributed by atoms with Gasteiger partial charge >= 0.3 is 0 Å². The Labute approximate surface area is 121 Å². The van der Waals surface area contributed by atoms with Gasteiger partial charge in [0.15, 0.2) is 5.02 Å². The summed E-state index contributed by atoms with van der Waals surface area (Å²) in [6.07, 6.45) is 0. The minimum atomic E-state index is -4.34. The molecule has 1 aromatic rings. The standard InChI is InChI=1S/C7H3Cl3N2O6S/c8-6-4(11(13)14)1-3(2-5(6)12(15)16)19(17,18)7(9)10/h1-2,7H. The van der Waals surface area contributed by atoms with Crippen LogP contribution in [-0.2, 0) is 9.84 Å². The summed E-state index contributed by atoms with van der Waals surface area (Å²) in [4.78, 5) is 18.5. The van der Waals surface area contributed by atoms with Crippen LogP contribution in [-0.4, -0.2) is 22.4 Å². The molecular formula is C7H3Cl3N2O6S. The van der Waals surface area contributed by atoms with Gasteiger partial charge in [-0.15, -0.1) is 0 Å². The minimum absolute atomic E-state index is 0.558. The molecule has 0 bridgehead atoms. The Hall–Kier alpha value is -1.16. The van der Waals surface area contributed by atoms with E-state index in [0.717, 1.165) is 0 Å². The van der Waals surface area contributed by atoms with Crippen LogP contribution >= 0.6 is 34.8 Å². The minimum Gasteiger partial charge on any atom is -0.258 e. The third kappa shape index (κ3) is 3.06. The predicted molar refractivity (Wildman–Crippen MR) is 67.4 cm³/mol. The zero-order chi connectivity index (χ0) is 15.0. The largest absolute Gasteiger partial charge is 0.296 e. The molecule has 0 saturated carbocycles. The third-order valence-electron chi connectivity index (χ3n) is 1.96. The van der Waals surface area contributed by atoms with Gasteiger partial charge < -0.3 is 0 Å². The second-order valence-electron chi connectivity index (χ2n) is 3.10. The van der Waals surface area contributed by atoms with Crippen molar-refractivity contribution < 1.29 is 18.3 Å². The first-order chi connectivity index (χ1) is 8.59. The monoisotopic (exact) mass is 348 g/mol. The molecule has 8 nitrogen and oxygen atoms in total. The lowest BCUT2D eigenvalue weighted by Crippen LogP contribution is -2.10. The lowest BCUT2D eigenvalue weighted by Gasteiger charge is -2.05. The van der Waals surface area contributed by atoms with Crippen molar-refractivity contribution in [1.29, 1.82) is 0 Å². The smallest absolute Gasteiger partial charge is 0.258 e. The summed E-state index contributed by atoms with van der Waals surface area (Å²) in [5.74, 6) is 0. The Morgan fingerprint density at radius 2 is 1.42 bits per heavy atom. The number of nitrogens with zero attached hydrogens (tertiary/aromatic N) is 2. The second kappa shape index (κ2) is 5.45. The number of nitro groups is 2. The normalized spacial score (nSPS) is 11.6. The Morgan fingerprint density at radius 3 is 1.68 bits per heavy atom. The van der Waals surface area contributed by atoms with Gasteiger partial charge in [0, 0.05) is 12.1 Å². The number of sulfone groups is 1. The summed E-state index contributed by atoms with van der Waals surface area (Å²) in [6.45, 7) is 0. The van der Waals surface area contributed by atoms with Crippen molar-refractivity contribution in [3.05, 3.63) is 37.4 Å². The van der Waals surface area contributed by atoms with Crippen LogP contribution in [0.1, 0.15) is 0 Å². The highest BCUT2D eigenvalue weighted by molar-refractivity contribution is 7.94. The first-order valence-corrected chi connectivity index (χ1v) is 7.03. The molecule has 0 aliphatic heterocycles. The summed E-state index contributed by atoms with van der Waals surface area (Å²) in [7, 11) is -4.34. The van der Waals surface area contributed by atoms with E-state index < -0.39 is 45.1 Å². The van der Waals surface area contributed by atoms with Gasteiger partial charge in [0.1, 0.15) is 0 Å². The number of rotatable bonds is 4. The van der Waals surface area contributed by atoms with Crippen molar-refractivity contribution in [2.24, 2.45) is 0 Å². The van der Waals surface area contributed by atoms with E-state index in [-0.39, 0.29) is 0 Å². The number of nitro benzene ring substituents is 2. The van der Waals surface area contributed by atoms with Gasteiger partial charge in [0.05, 0.1) is 14.7 Å². The molecule has 0 N–H and O–H groups in total. The van der Waals surface area contributed by atoms with E-state index in [1.807, 2.05) is 0 Å². The molecule has 1 aromatic carbocycles. The lowest BCUT2D eigenvalue weighted by molar-refractivity contribution is -0.394. The molecule has 104 valence electrons. The molecule has 0 unspecified atom stereocenters. The fraction of sp³-hybridized carbons (Fsp3) is 0.143. The Bertz CT molecular complexity index is 624. The fourth-order valence-electron chi connectivity index (χ4n) is 1.10. The van der Waals surface area contributed by atoms with E-state index in [1.54, 1.807) is 0 Å². The van der Waals surface area contributed by atoms with Crippen molar-refractivity contribution in [3.63, 3.8) is 0 Å². The van der Waals surface area contributed by atoms with Crippen molar-refractivity contribution in [2.45, 2.75) is 9.06 Å². The van der Waals surface area contributed by atoms with Gasteiger partial charge in [-0.25, -0.2) is 8.42 Å². The number of alkyl halides is 2. The molecule has 0 atom stereocenters. The Morgan fingerprint density at radius 1 is 1.05 bits per heavy atom. The molecule has 1 rings (SSSR count). The van der Waals surface area contributed by atoms with Crippen LogP contribution in [0.5, 0.6) is 0 Å². The molecular weight excluding hydrogens is 347 g/mol. The van der Waals surface area contributed by atoms with Crippen LogP contribution in [0, 0.1) is 20.2 Å². The van der Waals surface area contributed by atoms with Crippen molar-refractivity contribution in [3.8, 4) is 0 Å². The number of benzene rings is 1. The SMILES string of the molecule is O=[N+]([O-])c1cc(S(=O)(=O)C(Cl)Cl)cc([N+](=O)[O-])c1Cl. The van der Waals surface area contributed by atoms with Gasteiger partial charge in [-0.05, 0) is 0 Å². The van der Waals surface area contributed by atoms with Gasteiger partial charge in [-0.2, -0.15) is 0 Å². The third-order valence-corrected chi connectivity index (χ3v) is 5.12. The van der Waals surface area contributed by atoms with E-state index >= 15 is 0 Å². The summed E-state index contributed by atoms with van der Waals surface area (Å²) < 4.78 is 21.4. The summed E-state index contributed by atoms with van der Waals surface area (Å²) in [6, 6.07) is 1.12. The average Bonchev–Trinajstić information content (AvgIpc) is 2.27. The zero-order valence-electron chi connectivity index (χ0n) is 8.62. The number of halogens is 3. The van der Waals surface area contributed by atoms with E-state index in [0.29, 0.717) is 12.1 Å². The number of hydrogen-bond donors (Lipinski definition) is 0. The zero-order valence-corrected chi connectivity index (χ0v) is 11.7. The molecule has 0 fully saturated rings. The van der Waals surface area contributed by atoms with Gasteiger partial charge in [0.25, 0.3) is 11.4 Å². The van der Waals surface area contributed by atoms with Crippen molar-refractivity contribution in [1.82, 2.24) is 0 Å². The highest BCUT2D eigenvalue weighted by Gasteiger charge is 2.32. The van der Waals surface area contributed by atoms with E-state index in [2.05, 4.69) is 0 Å². The van der Waals surface area contributed by atoms with Crippen LogP contribution in [0.4, 0.5) is 11.4 Å². The van der Waals surface area contributed by atoms with Crippen LogP contribution in [0.3, 0.4) is 0 Å². The summed E-state index contributed by atoms with van der Waals surface area (Å²) in [5, 5.41) is 20.6. The first kappa shape index (κ1) is 15.9. The maximum atomic E-state index is 11.6. The topological polar surface area (TPSA) is 120 Å². The van der Waals surface area contributed by atoms with E-state index in [4.69, 9.17) is 34.8 Å². The Balaban J connectivity index is 3.71. The molecule has 0 spiro atoms. The predicted octanol–water partition coefficient (Wildman–Crippen LogP) is 2.69. The number of hydrogen-bond acceptors (Lipinski definition) is 6. The molecule has 0 aromatic heterocycles. The molecule has 0 heterocycles. The first-order valence-electron chi connectivity index (χ1n) is 4.23.